The molecule has 2 aliphatic rings. The van der Waals surface area contributed by atoms with Crippen LogP contribution in [0.15, 0.2) is 113 Å². The molecule has 1 amide bonds. The van der Waals surface area contributed by atoms with Gasteiger partial charge in [0.25, 0.3) is 5.91 Å². The van der Waals surface area contributed by atoms with Gasteiger partial charge in [0.05, 0.1) is 17.6 Å². The summed E-state index contributed by atoms with van der Waals surface area (Å²) in [6.07, 6.45) is 18.6. The van der Waals surface area contributed by atoms with E-state index in [0.717, 1.165) is 43.4 Å². The second-order valence-electron chi connectivity index (χ2n) is 10.4. The molecule has 0 spiro atoms. The molecule has 43 heavy (non-hydrogen) atoms. The third-order valence-electron chi connectivity index (χ3n) is 7.11. The molecular weight excluding hydrogens is 551 g/mol. The van der Waals surface area contributed by atoms with Crippen LogP contribution in [-0.2, 0) is 6.18 Å². The van der Waals surface area contributed by atoms with Crippen molar-refractivity contribution in [3.63, 3.8) is 0 Å². The van der Waals surface area contributed by atoms with Crippen molar-refractivity contribution in [3.8, 4) is 5.69 Å². The van der Waals surface area contributed by atoms with Crippen molar-refractivity contribution < 1.29 is 18.0 Å². The second-order valence-corrected chi connectivity index (χ2v) is 10.4. The maximum absolute atomic E-state index is 13.7. The number of aromatic nitrogens is 2. The molecule has 2 N–H and O–H groups in total. The number of imidazole rings is 1. The Morgan fingerprint density at radius 2 is 1.86 bits per heavy atom. The molecule has 9 heteroatoms. The molecular formula is C34H32F3N5O. The number of rotatable bonds is 6. The van der Waals surface area contributed by atoms with Crippen LogP contribution in [0.4, 0.5) is 24.5 Å². The number of benzene rings is 2. The van der Waals surface area contributed by atoms with E-state index in [4.69, 9.17) is 0 Å². The van der Waals surface area contributed by atoms with Crippen molar-refractivity contribution in [2.75, 3.05) is 10.6 Å². The lowest BCUT2D eigenvalue weighted by atomic mass is 9.97. The van der Waals surface area contributed by atoms with Gasteiger partial charge in [-0.25, -0.2) is 9.98 Å². The molecule has 0 unspecified atom stereocenters. The summed E-state index contributed by atoms with van der Waals surface area (Å²) in [7, 11) is 0. The number of amides is 1. The van der Waals surface area contributed by atoms with Crippen LogP contribution in [0.1, 0.15) is 52.9 Å². The van der Waals surface area contributed by atoms with Crippen LogP contribution >= 0.6 is 0 Å². The number of allylic oxidation sites excluding steroid dienone is 9. The van der Waals surface area contributed by atoms with Gasteiger partial charge in [-0.2, -0.15) is 13.2 Å². The molecule has 6 nitrogen and oxygen atoms in total. The molecule has 2 heterocycles. The lowest BCUT2D eigenvalue weighted by molar-refractivity contribution is -0.137. The fourth-order valence-electron chi connectivity index (χ4n) is 4.80. The third kappa shape index (κ3) is 7.68. The highest BCUT2D eigenvalue weighted by atomic mass is 19.4. The largest absolute Gasteiger partial charge is 0.416 e. The Bertz CT molecular complexity index is 1700. The zero-order valence-corrected chi connectivity index (χ0v) is 23.9. The summed E-state index contributed by atoms with van der Waals surface area (Å²) < 4.78 is 42.5. The van der Waals surface area contributed by atoms with Gasteiger partial charge in [0.15, 0.2) is 0 Å². The average Bonchev–Trinajstić information content (AvgIpc) is 3.37. The fraction of sp³-hybridized carbons (Fsp3) is 0.206. The minimum atomic E-state index is -4.59. The molecule has 1 aromatic heterocycles. The number of anilines is 2. The van der Waals surface area contributed by atoms with Crippen molar-refractivity contribution in [1.82, 2.24) is 9.55 Å². The first kappa shape index (κ1) is 29.6. The van der Waals surface area contributed by atoms with E-state index in [0.29, 0.717) is 22.8 Å². The Morgan fingerprint density at radius 3 is 2.65 bits per heavy atom. The number of aryl methyl sites for hydroxylation is 2. The predicted molar refractivity (Wildman–Crippen MR) is 166 cm³/mol. The summed E-state index contributed by atoms with van der Waals surface area (Å²) >= 11 is 0. The van der Waals surface area contributed by atoms with Gasteiger partial charge in [-0.15, -0.1) is 0 Å². The van der Waals surface area contributed by atoms with Crippen LogP contribution < -0.4 is 10.6 Å². The number of carbonyl (C=O) groups excluding carboxylic acids is 1. The SMILES string of the molecule is Cc1cn(-c2cc(NC(=O)c3ccc(C)c(NC4=CCCC(C5=CCC/C=C/C=C5)=CC=N4)c3)cc(C(F)(F)F)c2)cn1. The molecule has 0 bridgehead atoms. The van der Waals surface area contributed by atoms with Crippen LogP contribution in [-0.4, -0.2) is 21.7 Å². The van der Waals surface area contributed by atoms with Gasteiger partial charge in [-0.3, -0.25) is 4.79 Å². The molecule has 220 valence electrons. The smallest absolute Gasteiger partial charge is 0.340 e. The van der Waals surface area contributed by atoms with Crippen LogP contribution in [0.2, 0.25) is 0 Å². The standard InChI is InChI=1S/C34H32F3N5O/c1-23-13-14-27(33(43)40-29-18-28(34(35,36)37)19-30(20-29)42-21-24(2)39-22-42)17-31(23)41-32-12-8-11-26(15-16-38-32)25-9-6-4-3-5-7-10-25/h3-4,6,9-10,12-22,41H,5,7-8,11H2,1-2H3,(H,40,43)/b4-3+,9-6?,25-10?,26-15?,32-12?,38-16?. The highest BCUT2D eigenvalue weighted by Crippen LogP contribution is 2.33. The lowest BCUT2D eigenvalue weighted by Gasteiger charge is -2.15. The Kier molecular flexibility index (Phi) is 8.90. The molecule has 1 aliphatic heterocycles. The summed E-state index contributed by atoms with van der Waals surface area (Å²) in [6.45, 7) is 3.65. The first-order valence-corrected chi connectivity index (χ1v) is 14.0. The quantitative estimate of drug-likeness (QED) is 0.305. The van der Waals surface area contributed by atoms with Gasteiger partial charge in [0.2, 0.25) is 0 Å². The molecule has 0 radical (unpaired) electrons. The molecule has 0 saturated carbocycles. The number of hydrogen-bond acceptors (Lipinski definition) is 4. The molecule has 1 aliphatic carbocycles. The van der Waals surface area contributed by atoms with Gasteiger partial charge in [0, 0.05) is 35.0 Å². The van der Waals surface area contributed by atoms with Crippen LogP contribution in [0.3, 0.4) is 0 Å². The Labute approximate surface area is 248 Å². The van der Waals surface area contributed by atoms with Gasteiger partial charge in [0.1, 0.15) is 5.82 Å². The van der Waals surface area contributed by atoms with E-state index >= 15 is 0 Å². The molecule has 2 aromatic carbocycles. The van der Waals surface area contributed by atoms with E-state index in [2.05, 4.69) is 51.0 Å². The van der Waals surface area contributed by atoms with E-state index in [1.807, 2.05) is 19.1 Å². The molecule has 0 fully saturated rings. The highest BCUT2D eigenvalue weighted by Gasteiger charge is 2.31. The number of carbonyl (C=O) groups is 1. The number of nitrogens with one attached hydrogen (secondary N) is 2. The maximum atomic E-state index is 13.7. The predicted octanol–water partition coefficient (Wildman–Crippen LogP) is 8.64. The van der Waals surface area contributed by atoms with Crippen molar-refractivity contribution in [2.24, 2.45) is 4.99 Å². The van der Waals surface area contributed by atoms with Crippen LogP contribution in [0.25, 0.3) is 5.69 Å². The lowest BCUT2D eigenvalue weighted by Crippen LogP contribution is -2.14. The monoisotopic (exact) mass is 583 g/mol. The van der Waals surface area contributed by atoms with Crippen molar-refractivity contribution in [3.05, 3.63) is 131 Å². The van der Waals surface area contributed by atoms with Crippen molar-refractivity contribution in [2.45, 2.75) is 45.7 Å². The minimum absolute atomic E-state index is 0.0245. The Morgan fingerprint density at radius 1 is 1.00 bits per heavy atom. The summed E-state index contributed by atoms with van der Waals surface area (Å²) in [4.78, 5) is 21.9. The van der Waals surface area contributed by atoms with Gasteiger partial charge >= 0.3 is 6.18 Å². The second kappa shape index (κ2) is 12.9. The zero-order chi connectivity index (χ0) is 30.4. The molecule has 0 saturated heterocycles. The van der Waals surface area contributed by atoms with Gasteiger partial charge < -0.3 is 15.2 Å². The normalized spacial score (nSPS) is 16.2. The van der Waals surface area contributed by atoms with E-state index < -0.39 is 17.6 Å². The summed E-state index contributed by atoms with van der Waals surface area (Å²) in [5.41, 5.74) is 4.34. The Hall–Kier alpha value is -4.92. The van der Waals surface area contributed by atoms with Crippen molar-refractivity contribution in [1.29, 1.82) is 0 Å². The van der Waals surface area contributed by atoms with E-state index in [1.165, 1.54) is 28.1 Å². The van der Waals surface area contributed by atoms with E-state index in [-0.39, 0.29) is 11.4 Å². The molecule has 0 atom stereocenters. The summed E-state index contributed by atoms with van der Waals surface area (Å²) in [5, 5.41) is 5.94. The van der Waals surface area contributed by atoms with E-state index in [9.17, 15) is 18.0 Å². The minimum Gasteiger partial charge on any atom is -0.340 e. The number of hydrogen-bond donors (Lipinski definition) is 2. The molecule has 5 rings (SSSR count). The number of alkyl halides is 3. The summed E-state index contributed by atoms with van der Waals surface area (Å²) in [6, 6.07) is 8.53. The first-order valence-electron chi connectivity index (χ1n) is 14.0. The topological polar surface area (TPSA) is 71.3 Å². The van der Waals surface area contributed by atoms with Crippen LogP contribution in [0.5, 0.6) is 0 Å². The third-order valence-corrected chi connectivity index (χ3v) is 7.11. The number of halogens is 3. The van der Waals surface area contributed by atoms with Crippen LogP contribution in [0, 0.1) is 13.8 Å². The maximum Gasteiger partial charge on any atom is 0.416 e. The number of aliphatic imine (C=N–C) groups is 1. The average molecular weight is 584 g/mol. The van der Waals surface area contributed by atoms with E-state index in [1.54, 1.807) is 37.5 Å². The summed E-state index contributed by atoms with van der Waals surface area (Å²) in [5.74, 6) is 0.118. The highest BCUT2D eigenvalue weighted by molar-refractivity contribution is 6.05. The molecule has 3 aromatic rings. The van der Waals surface area contributed by atoms with Gasteiger partial charge in [-0.1, -0.05) is 36.4 Å². The van der Waals surface area contributed by atoms with Gasteiger partial charge in [-0.05, 0) is 98.7 Å². The number of nitrogens with zero attached hydrogens (tertiary/aromatic N) is 3. The fourth-order valence-corrected chi connectivity index (χ4v) is 4.80. The Balaban J connectivity index is 1.33. The first-order chi connectivity index (χ1) is 20.7. The van der Waals surface area contributed by atoms with Crippen molar-refractivity contribution >= 4 is 23.5 Å². The zero-order valence-electron chi connectivity index (χ0n) is 23.9.